The van der Waals surface area contributed by atoms with Gasteiger partial charge in [0.15, 0.2) is 0 Å². The fourth-order valence-electron chi connectivity index (χ4n) is 2.69. The molecule has 0 heterocycles. The van der Waals surface area contributed by atoms with Crippen LogP contribution < -0.4 is 5.32 Å². The van der Waals surface area contributed by atoms with Gasteiger partial charge in [-0.25, -0.2) is 9.59 Å². The van der Waals surface area contributed by atoms with E-state index in [-0.39, 0.29) is 36.5 Å². The molecule has 1 rings (SSSR count). The Morgan fingerprint density at radius 3 is 2.16 bits per heavy atom. The molecule has 0 unspecified atom stereocenters. The van der Waals surface area contributed by atoms with E-state index >= 15 is 0 Å². The molecule has 1 atom stereocenters. The van der Waals surface area contributed by atoms with Gasteiger partial charge >= 0.3 is 11.9 Å². The minimum Gasteiger partial charge on any atom is -0.460 e. The van der Waals surface area contributed by atoms with Crippen molar-refractivity contribution in [1.82, 2.24) is 5.32 Å². The van der Waals surface area contributed by atoms with E-state index in [1.807, 2.05) is 13.8 Å². The molecule has 0 aromatic carbocycles. The number of ether oxygens (including phenoxy) is 2. The summed E-state index contributed by atoms with van der Waals surface area (Å²) >= 11 is 0. The van der Waals surface area contributed by atoms with E-state index in [2.05, 4.69) is 5.32 Å². The van der Waals surface area contributed by atoms with E-state index in [9.17, 15) is 14.4 Å². The Kier molecular flexibility index (Phi) is 9.24. The zero-order valence-corrected chi connectivity index (χ0v) is 15.7. The van der Waals surface area contributed by atoms with Gasteiger partial charge in [-0.15, -0.1) is 0 Å². The molecule has 6 heteroatoms. The Morgan fingerprint density at radius 1 is 1.00 bits per heavy atom. The average Bonchev–Trinajstić information content (AvgIpc) is 2.56. The summed E-state index contributed by atoms with van der Waals surface area (Å²) in [5.41, 5.74) is 0. The number of rotatable bonds is 8. The zero-order chi connectivity index (χ0) is 18.8. The summed E-state index contributed by atoms with van der Waals surface area (Å²) in [6.45, 7) is 7.47. The van der Waals surface area contributed by atoms with Gasteiger partial charge in [0.05, 0.1) is 12.1 Å². The first-order valence-corrected chi connectivity index (χ1v) is 9.15. The summed E-state index contributed by atoms with van der Waals surface area (Å²) in [5, 5.41) is 3.00. The predicted molar refractivity (Wildman–Crippen MR) is 94.7 cm³/mol. The first-order valence-electron chi connectivity index (χ1n) is 9.15. The molecule has 1 N–H and O–H groups in total. The maximum Gasteiger partial charge on any atom is 0.331 e. The largest absolute Gasteiger partial charge is 0.460 e. The second-order valence-electron chi connectivity index (χ2n) is 7.14. The molecular formula is C19H31NO5. The van der Waals surface area contributed by atoms with Gasteiger partial charge in [0.1, 0.15) is 6.61 Å². The molecule has 0 saturated heterocycles. The quantitative estimate of drug-likeness (QED) is 0.536. The van der Waals surface area contributed by atoms with E-state index < -0.39 is 11.9 Å². The van der Waals surface area contributed by atoms with Crippen LogP contribution in [-0.2, 0) is 23.9 Å². The van der Waals surface area contributed by atoms with Crippen molar-refractivity contribution in [2.24, 2.45) is 11.8 Å². The highest BCUT2D eigenvalue weighted by Crippen LogP contribution is 2.24. The zero-order valence-electron chi connectivity index (χ0n) is 15.7. The second kappa shape index (κ2) is 10.9. The van der Waals surface area contributed by atoms with Crippen molar-refractivity contribution in [3.8, 4) is 0 Å². The second-order valence-corrected chi connectivity index (χ2v) is 7.14. The first kappa shape index (κ1) is 21.2. The van der Waals surface area contributed by atoms with E-state index in [0.717, 1.165) is 37.8 Å². The molecule has 0 aromatic heterocycles. The van der Waals surface area contributed by atoms with E-state index in [1.165, 1.54) is 6.42 Å². The van der Waals surface area contributed by atoms with Crippen LogP contribution in [0.25, 0.3) is 0 Å². The average molecular weight is 353 g/mol. The molecule has 1 saturated carbocycles. The van der Waals surface area contributed by atoms with Gasteiger partial charge in [-0.05, 0) is 32.6 Å². The maximum absolute atomic E-state index is 12.3. The van der Waals surface area contributed by atoms with Crippen molar-refractivity contribution in [3.05, 3.63) is 12.2 Å². The fourth-order valence-corrected chi connectivity index (χ4v) is 2.69. The standard InChI is InChI=1S/C19H31NO5/c1-13(2)16(20-19(23)15-8-6-5-7-9-15)12-24-17(21)10-11-18(22)25-14(3)4/h10-11,13-16H,5-9,12H2,1-4H3,(H,20,23)/b11-10+/t16-/m0/s1. The van der Waals surface area contributed by atoms with E-state index in [4.69, 9.17) is 9.47 Å². The molecule has 1 amide bonds. The lowest BCUT2D eigenvalue weighted by Gasteiger charge is -2.26. The van der Waals surface area contributed by atoms with Crippen molar-refractivity contribution in [2.45, 2.75) is 71.9 Å². The number of amides is 1. The van der Waals surface area contributed by atoms with Crippen molar-refractivity contribution in [2.75, 3.05) is 6.61 Å². The molecule has 1 aliphatic rings. The maximum atomic E-state index is 12.3. The minimum absolute atomic E-state index is 0.0468. The van der Waals surface area contributed by atoms with Crippen LogP contribution in [0.5, 0.6) is 0 Å². The predicted octanol–water partition coefficient (Wildman–Crippen LogP) is 2.76. The molecule has 0 radical (unpaired) electrons. The number of hydrogen-bond acceptors (Lipinski definition) is 5. The van der Waals surface area contributed by atoms with Crippen LogP contribution in [0.2, 0.25) is 0 Å². The van der Waals surface area contributed by atoms with Crippen molar-refractivity contribution in [1.29, 1.82) is 0 Å². The van der Waals surface area contributed by atoms with Crippen LogP contribution in [-0.4, -0.2) is 36.6 Å². The summed E-state index contributed by atoms with van der Waals surface area (Å²) < 4.78 is 10.1. The Balaban J connectivity index is 2.44. The van der Waals surface area contributed by atoms with E-state index in [1.54, 1.807) is 13.8 Å². The minimum atomic E-state index is -0.627. The molecule has 0 spiro atoms. The van der Waals surface area contributed by atoms with Crippen molar-refractivity contribution >= 4 is 17.8 Å². The molecule has 1 fully saturated rings. The number of carbonyl (C=O) groups is 3. The van der Waals surface area contributed by atoms with Gasteiger partial charge in [-0.1, -0.05) is 33.1 Å². The summed E-state index contributed by atoms with van der Waals surface area (Å²) in [7, 11) is 0. The fraction of sp³-hybridized carbons (Fsp3) is 0.737. The summed E-state index contributed by atoms with van der Waals surface area (Å²) in [6.07, 6.45) is 7.09. The van der Waals surface area contributed by atoms with Crippen LogP contribution in [0.1, 0.15) is 59.8 Å². The Hall–Kier alpha value is -1.85. The smallest absolute Gasteiger partial charge is 0.331 e. The topological polar surface area (TPSA) is 81.7 Å². The van der Waals surface area contributed by atoms with Gasteiger partial charge in [0.25, 0.3) is 0 Å². The summed E-state index contributed by atoms with van der Waals surface area (Å²) in [6, 6.07) is -0.241. The van der Waals surface area contributed by atoms with Crippen molar-refractivity contribution in [3.63, 3.8) is 0 Å². The van der Waals surface area contributed by atoms with Crippen LogP contribution in [0.3, 0.4) is 0 Å². The highest BCUT2D eigenvalue weighted by atomic mass is 16.5. The Morgan fingerprint density at radius 2 is 1.60 bits per heavy atom. The van der Waals surface area contributed by atoms with E-state index in [0.29, 0.717) is 0 Å². The number of hydrogen-bond donors (Lipinski definition) is 1. The Bertz CT molecular complexity index is 478. The van der Waals surface area contributed by atoms with Gasteiger partial charge < -0.3 is 14.8 Å². The highest BCUT2D eigenvalue weighted by Gasteiger charge is 2.25. The molecule has 6 nitrogen and oxygen atoms in total. The molecule has 142 valence electrons. The third kappa shape index (κ3) is 8.70. The number of nitrogens with one attached hydrogen (secondary N) is 1. The number of carbonyl (C=O) groups excluding carboxylic acids is 3. The van der Waals surface area contributed by atoms with Crippen LogP contribution >= 0.6 is 0 Å². The van der Waals surface area contributed by atoms with Gasteiger partial charge in [0.2, 0.25) is 5.91 Å². The Labute approximate surface area is 150 Å². The molecule has 1 aliphatic carbocycles. The van der Waals surface area contributed by atoms with Crippen LogP contribution in [0.15, 0.2) is 12.2 Å². The SMILES string of the molecule is CC(C)OC(=O)/C=C/C(=O)OC[C@H](NC(=O)C1CCCCC1)C(C)C. The molecule has 25 heavy (non-hydrogen) atoms. The van der Waals surface area contributed by atoms with Crippen molar-refractivity contribution < 1.29 is 23.9 Å². The van der Waals surface area contributed by atoms with Gasteiger partial charge in [-0.2, -0.15) is 0 Å². The lowest BCUT2D eigenvalue weighted by molar-refractivity contribution is -0.143. The summed E-state index contributed by atoms with van der Waals surface area (Å²) in [5.74, 6) is -0.964. The molecule has 0 aliphatic heterocycles. The first-order chi connectivity index (χ1) is 11.8. The lowest BCUT2D eigenvalue weighted by atomic mass is 9.88. The van der Waals surface area contributed by atoms with Gasteiger partial charge in [-0.3, -0.25) is 4.79 Å². The molecule has 0 bridgehead atoms. The number of esters is 2. The lowest BCUT2D eigenvalue weighted by Crippen LogP contribution is -2.45. The molecular weight excluding hydrogens is 322 g/mol. The van der Waals surface area contributed by atoms with Crippen LogP contribution in [0.4, 0.5) is 0 Å². The monoisotopic (exact) mass is 353 g/mol. The normalized spacial score (nSPS) is 16.9. The third-order valence-electron chi connectivity index (χ3n) is 4.22. The third-order valence-corrected chi connectivity index (χ3v) is 4.22. The molecule has 0 aromatic rings. The van der Waals surface area contributed by atoms with Gasteiger partial charge in [0, 0.05) is 18.1 Å². The van der Waals surface area contributed by atoms with Crippen LogP contribution in [0, 0.1) is 11.8 Å². The highest BCUT2D eigenvalue weighted by molar-refractivity contribution is 5.91. The summed E-state index contributed by atoms with van der Waals surface area (Å²) in [4.78, 5) is 35.4.